The fraction of sp³-hybridized carbons (Fsp3) is 0.154. The van der Waals surface area contributed by atoms with Gasteiger partial charge < -0.3 is 19.5 Å². The molecule has 7 heteroatoms. The van der Waals surface area contributed by atoms with Gasteiger partial charge in [0, 0.05) is 11.8 Å². The molecule has 0 atom stereocenters. The zero-order chi connectivity index (χ0) is 23.4. The number of carbonyl (C=O) groups is 2. The summed E-state index contributed by atoms with van der Waals surface area (Å²) in [5.74, 6) is 1.05. The zero-order valence-electron chi connectivity index (χ0n) is 18.6. The van der Waals surface area contributed by atoms with Crippen LogP contribution >= 0.6 is 0 Å². The Morgan fingerprint density at radius 3 is 2.09 bits per heavy atom. The molecule has 33 heavy (non-hydrogen) atoms. The maximum absolute atomic E-state index is 13.5. The fourth-order valence-corrected chi connectivity index (χ4v) is 3.60. The number of nitrogens with one attached hydrogen (secondary N) is 1. The molecule has 0 aliphatic carbocycles. The van der Waals surface area contributed by atoms with E-state index in [0.717, 1.165) is 4.90 Å². The van der Waals surface area contributed by atoms with E-state index in [0.29, 0.717) is 40.8 Å². The van der Waals surface area contributed by atoms with Crippen LogP contribution in [0.15, 0.2) is 78.5 Å². The second-order valence-electron chi connectivity index (χ2n) is 7.21. The highest BCUT2D eigenvalue weighted by molar-refractivity contribution is 6.46. The minimum Gasteiger partial charge on any atom is -0.497 e. The molecular formula is C26H24N2O5. The molecule has 1 heterocycles. The van der Waals surface area contributed by atoms with Gasteiger partial charge in [-0.25, -0.2) is 4.90 Å². The maximum atomic E-state index is 13.5. The van der Waals surface area contributed by atoms with Crippen molar-refractivity contribution in [3.63, 3.8) is 0 Å². The van der Waals surface area contributed by atoms with Crippen molar-refractivity contribution in [2.24, 2.45) is 0 Å². The topological polar surface area (TPSA) is 77.1 Å². The quantitative estimate of drug-likeness (QED) is 0.516. The lowest BCUT2D eigenvalue weighted by atomic mass is 10.0. The Labute approximate surface area is 192 Å². The van der Waals surface area contributed by atoms with Crippen LogP contribution in [0.25, 0.3) is 5.57 Å². The highest BCUT2D eigenvalue weighted by Crippen LogP contribution is 2.35. The second kappa shape index (κ2) is 9.48. The van der Waals surface area contributed by atoms with Crippen molar-refractivity contribution in [2.45, 2.75) is 6.92 Å². The van der Waals surface area contributed by atoms with Crippen LogP contribution < -0.4 is 24.4 Å². The van der Waals surface area contributed by atoms with E-state index in [2.05, 4.69) is 5.32 Å². The van der Waals surface area contributed by atoms with Gasteiger partial charge in [-0.1, -0.05) is 18.2 Å². The van der Waals surface area contributed by atoms with Gasteiger partial charge >= 0.3 is 0 Å². The number of rotatable bonds is 8. The Hall–Kier alpha value is -4.26. The maximum Gasteiger partial charge on any atom is 0.282 e. The van der Waals surface area contributed by atoms with Gasteiger partial charge in [-0.3, -0.25) is 9.59 Å². The van der Waals surface area contributed by atoms with Crippen molar-refractivity contribution in [1.29, 1.82) is 0 Å². The molecule has 7 nitrogen and oxygen atoms in total. The average Bonchev–Trinajstić information content (AvgIpc) is 3.09. The highest BCUT2D eigenvalue weighted by Gasteiger charge is 2.40. The number of methoxy groups -OCH3 is 2. The van der Waals surface area contributed by atoms with Crippen LogP contribution in [0, 0.1) is 0 Å². The van der Waals surface area contributed by atoms with E-state index in [9.17, 15) is 9.59 Å². The standard InChI is InChI=1S/C26H24N2O5/c1-4-33-21-12-8-17(9-13-21)23-24(27-18-10-14-20(31-2)15-11-18)26(30)28(25(23)29)19-6-5-7-22(16-19)32-3/h5-16,27H,4H2,1-3H3. The monoisotopic (exact) mass is 444 g/mol. The molecule has 0 bridgehead atoms. The van der Waals surface area contributed by atoms with Crippen LogP contribution in [0.3, 0.4) is 0 Å². The van der Waals surface area contributed by atoms with Gasteiger partial charge in [0.1, 0.15) is 22.9 Å². The largest absolute Gasteiger partial charge is 0.497 e. The first-order chi connectivity index (χ1) is 16.0. The molecule has 0 aromatic heterocycles. The summed E-state index contributed by atoms with van der Waals surface area (Å²) in [6, 6.07) is 21.1. The molecule has 0 radical (unpaired) electrons. The molecule has 0 unspecified atom stereocenters. The van der Waals surface area contributed by atoms with Crippen LogP contribution in [0.4, 0.5) is 11.4 Å². The third kappa shape index (κ3) is 4.39. The number of amides is 2. The molecule has 4 rings (SSSR count). The number of hydrogen-bond donors (Lipinski definition) is 1. The molecule has 0 fully saturated rings. The summed E-state index contributed by atoms with van der Waals surface area (Å²) in [7, 11) is 3.12. The third-order valence-electron chi connectivity index (χ3n) is 5.21. The zero-order valence-corrected chi connectivity index (χ0v) is 18.6. The molecule has 1 N–H and O–H groups in total. The van der Waals surface area contributed by atoms with Gasteiger partial charge in [0.25, 0.3) is 11.8 Å². The number of carbonyl (C=O) groups excluding carboxylic acids is 2. The summed E-state index contributed by atoms with van der Waals surface area (Å²) in [4.78, 5) is 28.2. The van der Waals surface area contributed by atoms with Crippen molar-refractivity contribution < 1.29 is 23.8 Å². The van der Waals surface area contributed by atoms with Gasteiger partial charge in [-0.2, -0.15) is 0 Å². The molecular weight excluding hydrogens is 420 g/mol. The van der Waals surface area contributed by atoms with Crippen LogP contribution in [-0.2, 0) is 9.59 Å². The van der Waals surface area contributed by atoms with Crippen LogP contribution in [0.2, 0.25) is 0 Å². The summed E-state index contributed by atoms with van der Waals surface area (Å²) in [5.41, 5.74) is 2.17. The highest BCUT2D eigenvalue weighted by atomic mass is 16.5. The third-order valence-corrected chi connectivity index (χ3v) is 5.21. The number of anilines is 2. The van der Waals surface area contributed by atoms with Gasteiger partial charge in [0.2, 0.25) is 0 Å². The van der Waals surface area contributed by atoms with E-state index in [-0.39, 0.29) is 11.3 Å². The summed E-state index contributed by atoms with van der Waals surface area (Å²) < 4.78 is 16.0. The Morgan fingerprint density at radius 1 is 0.788 bits per heavy atom. The second-order valence-corrected chi connectivity index (χ2v) is 7.21. The average molecular weight is 444 g/mol. The van der Waals surface area contributed by atoms with E-state index >= 15 is 0 Å². The Balaban J connectivity index is 1.77. The predicted octanol–water partition coefficient (Wildman–Crippen LogP) is 4.50. The molecule has 1 aliphatic heterocycles. The molecule has 0 saturated carbocycles. The molecule has 168 valence electrons. The van der Waals surface area contributed by atoms with Crippen molar-refractivity contribution in [3.8, 4) is 17.2 Å². The Morgan fingerprint density at radius 2 is 1.45 bits per heavy atom. The first-order valence-electron chi connectivity index (χ1n) is 10.5. The van der Waals surface area contributed by atoms with E-state index in [1.54, 1.807) is 79.9 Å². The van der Waals surface area contributed by atoms with E-state index < -0.39 is 11.8 Å². The lowest BCUT2D eigenvalue weighted by molar-refractivity contribution is -0.120. The number of nitrogens with zero attached hydrogens (tertiary/aromatic N) is 1. The van der Waals surface area contributed by atoms with Gasteiger partial charge in [-0.05, 0) is 61.0 Å². The van der Waals surface area contributed by atoms with Crippen LogP contribution in [0.5, 0.6) is 17.2 Å². The number of ether oxygens (including phenoxy) is 3. The SMILES string of the molecule is CCOc1ccc(C2=C(Nc3ccc(OC)cc3)C(=O)N(c3cccc(OC)c3)C2=O)cc1. The summed E-state index contributed by atoms with van der Waals surface area (Å²) in [6.45, 7) is 2.44. The van der Waals surface area contributed by atoms with Crippen molar-refractivity contribution in [2.75, 3.05) is 31.0 Å². The fourth-order valence-electron chi connectivity index (χ4n) is 3.60. The van der Waals surface area contributed by atoms with E-state index in [1.165, 1.54) is 7.11 Å². The number of benzene rings is 3. The smallest absolute Gasteiger partial charge is 0.282 e. The lowest BCUT2D eigenvalue weighted by Gasteiger charge is -2.16. The van der Waals surface area contributed by atoms with Gasteiger partial charge in [-0.15, -0.1) is 0 Å². The van der Waals surface area contributed by atoms with E-state index in [4.69, 9.17) is 14.2 Å². The van der Waals surface area contributed by atoms with Crippen LogP contribution in [0.1, 0.15) is 12.5 Å². The van der Waals surface area contributed by atoms with Gasteiger partial charge in [0.05, 0.1) is 32.1 Å². The van der Waals surface area contributed by atoms with E-state index in [1.807, 2.05) is 6.92 Å². The number of imide groups is 1. The van der Waals surface area contributed by atoms with Crippen LogP contribution in [-0.4, -0.2) is 32.6 Å². The minimum atomic E-state index is -0.451. The molecule has 2 amide bonds. The Kier molecular flexibility index (Phi) is 6.31. The summed E-state index contributed by atoms with van der Waals surface area (Å²) in [5, 5.41) is 3.14. The minimum absolute atomic E-state index is 0.192. The van der Waals surface area contributed by atoms with Crippen molar-refractivity contribution >= 4 is 28.8 Å². The van der Waals surface area contributed by atoms with Crippen molar-refractivity contribution in [3.05, 3.63) is 84.1 Å². The van der Waals surface area contributed by atoms with Gasteiger partial charge in [0.15, 0.2) is 0 Å². The Bertz CT molecular complexity index is 1200. The molecule has 0 spiro atoms. The summed E-state index contributed by atoms with van der Waals surface area (Å²) in [6.07, 6.45) is 0. The molecule has 3 aromatic carbocycles. The lowest BCUT2D eigenvalue weighted by Crippen LogP contribution is -2.32. The molecule has 0 saturated heterocycles. The normalized spacial score (nSPS) is 13.4. The first kappa shape index (κ1) is 22.0. The molecule has 1 aliphatic rings. The first-order valence-corrected chi connectivity index (χ1v) is 10.5. The van der Waals surface area contributed by atoms with Crippen molar-refractivity contribution in [1.82, 2.24) is 0 Å². The summed E-state index contributed by atoms with van der Waals surface area (Å²) >= 11 is 0. The predicted molar refractivity (Wildman–Crippen MR) is 127 cm³/mol. The number of hydrogen-bond acceptors (Lipinski definition) is 6. The molecule has 3 aromatic rings.